The summed E-state index contributed by atoms with van der Waals surface area (Å²) in [5.74, 6) is 0.623. The largest absolute Gasteiger partial charge is 0.490 e. The molecular weight excluding hydrogens is 566 g/mol. The predicted octanol–water partition coefficient (Wildman–Crippen LogP) is 6.74. The van der Waals surface area contributed by atoms with Crippen molar-refractivity contribution in [1.29, 1.82) is 0 Å². The fourth-order valence-corrected chi connectivity index (χ4v) is 5.40. The van der Waals surface area contributed by atoms with Gasteiger partial charge >= 0.3 is 5.97 Å². The normalized spacial score (nSPS) is 18.6. The molecule has 2 saturated heterocycles. The van der Waals surface area contributed by atoms with E-state index >= 15 is 0 Å². The smallest absolute Gasteiger partial charge is 0.321 e. The number of halogens is 5. The minimum Gasteiger partial charge on any atom is -0.490 e. The van der Waals surface area contributed by atoms with Crippen LogP contribution in [0.15, 0.2) is 42.5 Å². The Morgan fingerprint density at radius 1 is 0.917 bits per heavy atom. The summed E-state index contributed by atoms with van der Waals surface area (Å²) in [4.78, 5) is 16.6. The van der Waals surface area contributed by atoms with Gasteiger partial charge in [-0.1, -0.05) is 46.9 Å². The number of carboxylic acid groups (broad SMARTS) is 1. The van der Waals surface area contributed by atoms with Crippen molar-refractivity contribution in [2.24, 2.45) is 5.92 Å². The van der Waals surface area contributed by atoms with Crippen LogP contribution in [0.25, 0.3) is 0 Å². The number of aliphatic carboxylic acids is 1. The van der Waals surface area contributed by atoms with Crippen molar-refractivity contribution < 1.29 is 14.6 Å². The van der Waals surface area contributed by atoms with Crippen molar-refractivity contribution in [3.05, 3.63) is 63.1 Å². The molecule has 0 unspecified atom stereocenters. The van der Waals surface area contributed by atoms with Crippen LogP contribution in [0, 0.1) is 5.92 Å². The van der Waals surface area contributed by atoms with Gasteiger partial charge in [-0.05, 0) is 80.9 Å². The van der Waals surface area contributed by atoms with Crippen molar-refractivity contribution in [2.75, 3.05) is 32.7 Å². The van der Waals surface area contributed by atoms with Gasteiger partial charge in [0.05, 0.1) is 10.0 Å². The summed E-state index contributed by atoms with van der Waals surface area (Å²) in [5, 5.41) is 11.5. The van der Waals surface area contributed by atoms with E-state index in [1.54, 1.807) is 12.1 Å². The molecule has 2 aliphatic heterocycles. The Balaban J connectivity index is 0.00000228. The number of rotatable bonds is 8. The lowest BCUT2D eigenvalue weighted by Crippen LogP contribution is -2.48. The van der Waals surface area contributed by atoms with E-state index < -0.39 is 12.0 Å². The number of carbonyl (C=O) groups is 1. The third kappa shape index (κ3) is 8.83. The minimum atomic E-state index is -0.752. The first-order valence-corrected chi connectivity index (χ1v) is 13.1. The zero-order chi connectivity index (χ0) is 24.1. The highest BCUT2D eigenvalue weighted by Gasteiger charge is 2.31. The Kier molecular flexibility index (Phi) is 12.9. The molecule has 2 aliphatic rings. The van der Waals surface area contributed by atoms with Crippen LogP contribution >= 0.6 is 59.6 Å². The van der Waals surface area contributed by atoms with Crippen LogP contribution in [0.2, 0.25) is 15.1 Å². The van der Waals surface area contributed by atoms with Crippen LogP contribution in [0.5, 0.6) is 5.75 Å². The molecule has 0 bridgehead atoms. The Morgan fingerprint density at radius 3 is 2.14 bits per heavy atom. The molecule has 0 aromatic heterocycles. The summed E-state index contributed by atoms with van der Waals surface area (Å²) < 4.78 is 6.11. The monoisotopic (exact) mass is 596 g/mol. The van der Waals surface area contributed by atoms with Crippen molar-refractivity contribution in [3.8, 4) is 5.75 Å². The second-order valence-electron chi connectivity index (χ2n) is 9.36. The third-order valence-electron chi connectivity index (χ3n) is 6.96. The van der Waals surface area contributed by atoms with Crippen LogP contribution in [-0.2, 0) is 11.2 Å². The van der Waals surface area contributed by atoms with E-state index in [1.165, 1.54) is 0 Å². The number of nitrogens with zero attached hydrogens (tertiary/aromatic N) is 2. The van der Waals surface area contributed by atoms with Crippen LogP contribution < -0.4 is 4.74 Å². The maximum absolute atomic E-state index is 12.0. The summed E-state index contributed by atoms with van der Waals surface area (Å²) in [5.41, 5.74) is 1.00. The van der Waals surface area contributed by atoms with Crippen LogP contribution in [-0.4, -0.2) is 65.7 Å². The lowest BCUT2D eigenvalue weighted by Gasteiger charge is -2.39. The van der Waals surface area contributed by atoms with Crippen molar-refractivity contribution in [3.63, 3.8) is 0 Å². The number of hydrogen-bond donors (Lipinski definition) is 1. The summed E-state index contributed by atoms with van der Waals surface area (Å²) in [6, 6.07) is 12.4. The molecule has 1 atom stereocenters. The molecule has 0 saturated carbocycles. The number of piperidine rings is 2. The molecule has 10 heteroatoms. The number of benzene rings is 2. The van der Waals surface area contributed by atoms with E-state index in [1.807, 2.05) is 30.3 Å². The number of ether oxygens (including phenoxy) is 1. The fourth-order valence-electron chi connectivity index (χ4n) is 4.98. The molecule has 0 aliphatic carbocycles. The highest BCUT2D eigenvalue weighted by molar-refractivity contribution is 6.42. The summed E-state index contributed by atoms with van der Waals surface area (Å²) in [7, 11) is 0. The molecule has 36 heavy (non-hydrogen) atoms. The van der Waals surface area contributed by atoms with Crippen molar-refractivity contribution >= 4 is 65.6 Å². The molecule has 2 heterocycles. The fraction of sp³-hybridized carbons (Fsp3) is 0.500. The standard InChI is InChI=1S/C26H31Cl3N2O3.2ClH/c27-20-3-1-18(2-4-20)15-25(26(32)33)31-13-7-19(8-14-31)17-30-11-9-21(10-12-30)34-22-5-6-23(28)24(29)16-22;;/h1-6,16,19,21,25H,7-15,17H2,(H,32,33);2*1H/t25-;;/m0../s1. The lowest BCUT2D eigenvalue weighted by atomic mass is 9.93. The molecular formula is C26H33Cl5N2O3. The van der Waals surface area contributed by atoms with E-state index in [2.05, 4.69) is 9.80 Å². The van der Waals surface area contributed by atoms with Gasteiger partial charge in [-0.3, -0.25) is 9.69 Å². The average molecular weight is 599 g/mol. The molecule has 1 N–H and O–H groups in total. The van der Waals surface area contributed by atoms with Gasteiger partial charge in [0.1, 0.15) is 17.9 Å². The lowest BCUT2D eigenvalue weighted by molar-refractivity contribution is -0.144. The third-order valence-corrected chi connectivity index (χ3v) is 7.95. The van der Waals surface area contributed by atoms with Gasteiger partial charge in [-0.2, -0.15) is 0 Å². The van der Waals surface area contributed by atoms with E-state index in [0.717, 1.165) is 69.7 Å². The van der Waals surface area contributed by atoms with Gasteiger partial charge in [0.25, 0.3) is 0 Å². The Hall–Kier alpha value is -0.920. The molecule has 5 nitrogen and oxygen atoms in total. The second-order valence-corrected chi connectivity index (χ2v) is 10.6. The van der Waals surface area contributed by atoms with E-state index in [9.17, 15) is 9.90 Å². The van der Waals surface area contributed by atoms with Crippen LogP contribution in [0.4, 0.5) is 0 Å². The van der Waals surface area contributed by atoms with Gasteiger partial charge in [-0.25, -0.2) is 0 Å². The first kappa shape index (κ1) is 31.3. The van der Waals surface area contributed by atoms with E-state index in [4.69, 9.17) is 39.5 Å². The second kappa shape index (κ2) is 14.9. The summed E-state index contributed by atoms with van der Waals surface area (Å²) >= 11 is 18.0. The Labute approximate surface area is 240 Å². The maximum Gasteiger partial charge on any atom is 0.321 e. The molecule has 2 aromatic rings. The van der Waals surface area contributed by atoms with E-state index in [-0.39, 0.29) is 30.9 Å². The minimum absolute atomic E-state index is 0. The van der Waals surface area contributed by atoms with Gasteiger partial charge in [0, 0.05) is 30.7 Å². The quantitative estimate of drug-likeness (QED) is 0.365. The molecule has 0 amide bonds. The highest BCUT2D eigenvalue weighted by Crippen LogP contribution is 2.29. The van der Waals surface area contributed by atoms with Gasteiger partial charge in [-0.15, -0.1) is 24.8 Å². The molecule has 200 valence electrons. The Morgan fingerprint density at radius 2 is 1.56 bits per heavy atom. The molecule has 2 fully saturated rings. The number of hydrogen-bond acceptors (Lipinski definition) is 4. The molecule has 4 rings (SSSR count). The zero-order valence-corrected chi connectivity index (χ0v) is 23.9. The zero-order valence-electron chi connectivity index (χ0n) is 20.0. The summed E-state index contributed by atoms with van der Waals surface area (Å²) in [6.45, 7) is 4.75. The average Bonchev–Trinajstić information content (AvgIpc) is 2.83. The van der Waals surface area contributed by atoms with Crippen LogP contribution in [0.1, 0.15) is 31.2 Å². The topological polar surface area (TPSA) is 53.0 Å². The highest BCUT2D eigenvalue weighted by atomic mass is 35.5. The Bertz CT molecular complexity index is 963. The first-order chi connectivity index (χ1) is 16.4. The molecule has 0 spiro atoms. The SMILES string of the molecule is Cl.Cl.O=C(O)[C@H](Cc1ccc(Cl)cc1)N1CCC(CN2CCC(Oc3ccc(Cl)c(Cl)c3)CC2)CC1. The summed E-state index contributed by atoms with van der Waals surface area (Å²) in [6.07, 6.45) is 4.74. The van der Waals surface area contributed by atoms with Gasteiger partial charge < -0.3 is 14.7 Å². The van der Waals surface area contributed by atoms with E-state index in [0.29, 0.717) is 27.4 Å². The van der Waals surface area contributed by atoms with Crippen molar-refractivity contribution in [2.45, 2.75) is 44.2 Å². The van der Waals surface area contributed by atoms with Gasteiger partial charge in [0.15, 0.2) is 0 Å². The maximum atomic E-state index is 12.0. The van der Waals surface area contributed by atoms with Crippen LogP contribution in [0.3, 0.4) is 0 Å². The number of likely N-dealkylation sites (tertiary alicyclic amines) is 2. The first-order valence-electron chi connectivity index (χ1n) is 11.9. The molecule has 0 radical (unpaired) electrons. The molecule has 2 aromatic carbocycles. The predicted molar refractivity (Wildman–Crippen MR) is 152 cm³/mol. The van der Waals surface area contributed by atoms with Crippen molar-refractivity contribution in [1.82, 2.24) is 9.80 Å². The number of carboxylic acids is 1. The van der Waals surface area contributed by atoms with Gasteiger partial charge in [0.2, 0.25) is 0 Å².